The van der Waals surface area contributed by atoms with Gasteiger partial charge < -0.3 is 10.8 Å². The average Bonchev–Trinajstić information content (AvgIpc) is 1.95. The summed E-state index contributed by atoms with van der Waals surface area (Å²) in [5.41, 5.74) is 5.56. The van der Waals surface area contributed by atoms with Gasteiger partial charge in [-0.2, -0.15) is 0 Å². The second-order valence-electron chi connectivity index (χ2n) is 1.86. The van der Waals surface area contributed by atoms with Crippen molar-refractivity contribution in [2.75, 3.05) is 5.73 Å². The minimum Gasteiger partial charge on any atom is -0.396 e. The SMILES string of the molecule is Nc1cc(CO)ncc1F. The van der Waals surface area contributed by atoms with Gasteiger partial charge in [0.15, 0.2) is 5.82 Å². The smallest absolute Gasteiger partial charge is 0.164 e. The molecule has 0 aliphatic heterocycles. The summed E-state index contributed by atoms with van der Waals surface area (Å²) < 4.78 is 12.4. The summed E-state index contributed by atoms with van der Waals surface area (Å²) in [6.07, 6.45) is 0.987. The molecule has 3 nitrogen and oxygen atoms in total. The largest absolute Gasteiger partial charge is 0.396 e. The lowest BCUT2D eigenvalue weighted by Gasteiger charge is -1.97. The van der Waals surface area contributed by atoms with Crippen molar-refractivity contribution < 1.29 is 9.50 Å². The van der Waals surface area contributed by atoms with Crippen LogP contribution in [0.5, 0.6) is 0 Å². The van der Waals surface area contributed by atoms with Gasteiger partial charge >= 0.3 is 0 Å². The maximum Gasteiger partial charge on any atom is 0.164 e. The van der Waals surface area contributed by atoms with Crippen LogP contribution in [-0.4, -0.2) is 10.1 Å². The van der Waals surface area contributed by atoms with Crippen molar-refractivity contribution in [1.29, 1.82) is 0 Å². The molecular formula is C6H7FN2O. The lowest BCUT2D eigenvalue weighted by molar-refractivity contribution is 0.276. The third-order valence-electron chi connectivity index (χ3n) is 1.10. The molecule has 0 aromatic carbocycles. The van der Waals surface area contributed by atoms with Crippen LogP contribution in [0.1, 0.15) is 5.69 Å². The van der Waals surface area contributed by atoms with Crippen molar-refractivity contribution in [2.24, 2.45) is 0 Å². The number of halogens is 1. The summed E-state index contributed by atoms with van der Waals surface area (Å²) in [4.78, 5) is 3.55. The second-order valence-corrected chi connectivity index (χ2v) is 1.86. The first-order valence-electron chi connectivity index (χ1n) is 2.75. The summed E-state index contributed by atoms with van der Waals surface area (Å²) in [5, 5.41) is 8.51. The quantitative estimate of drug-likeness (QED) is 0.592. The Bertz CT molecular complexity index is 239. The molecule has 3 N–H and O–H groups in total. The third-order valence-corrected chi connectivity index (χ3v) is 1.10. The fraction of sp³-hybridized carbons (Fsp3) is 0.167. The molecule has 1 aromatic rings. The number of nitrogen functional groups attached to an aromatic ring is 1. The van der Waals surface area contributed by atoms with Crippen molar-refractivity contribution in [3.63, 3.8) is 0 Å². The highest BCUT2D eigenvalue weighted by molar-refractivity contribution is 5.38. The van der Waals surface area contributed by atoms with Gasteiger partial charge in [0.2, 0.25) is 0 Å². The van der Waals surface area contributed by atoms with Gasteiger partial charge in [0, 0.05) is 0 Å². The topological polar surface area (TPSA) is 59.1 Å². The lowest BCUT2D eigenvalue weighted by atomic mass is 10.3. The maximum absolute atomic E-state index is 12.4. The van der Waals surface area contributed by atoms with E-state index in [1.54, 1.807) is 0 Å². The number of rotatable bonds is 1. The number of pyridine rings is 1. The number of aromatic nitrogens is 1. The van der Waals surface area contributed by atoms with E-state index >= 15 is 0 Å². The molecule has 0 atom stereocenters. The molecule has 0 amide bonds. The predicted octanol–water partition coefficient (Wildman–Crippen LogP) is 0.295. The van der Waals surface area contributed by atoms with Crippen LogP contribution >= 0.6 is 0 Å². The normalized spacial score (nSPS) is 9.80. The highest BCUT2D eigenvalue weighted by Crippen LogP contribution is 2.08. The van der Waals surface area contributed by atoms with Gasteiger partial charge in [-0.3, -0.25) is 4.98 Å². The molecule has 0 aliphatic rings. The first-order valence-corrected chi connectivity index (χ1v) is 2.75. The number of nitrogens with zero attached hydrogens (tertiary/aromatic N) is 1. The van der Waals surface area contributed by atoms with Crippen molar-refractivity contribution in [1.82, 2.24) is 4.98 Å². The molecule has 1 heterocycles. The zero-order valence-electron chi connectivity index (χ0n) is 5.21. The van der Waals surface area contributed by atoms with Crippen LogP contribution in [0, 0.1) is 5.82 Å². The summed E-state index contributed by atoms with van der Waals surface area (Å²) in [6, 6.07) is 1.30. The van der Waals surface area contributed by atoms with Crippen LogP contribution in [0.4, 0.5) is 10.1 Å². The molecule has 1 rings (SSSR count). The van der Waals surface area contributed by atoms with Crippen LogP contribution in [-0.2, 0) is 6.61 Å². The predicted molar refractivity (Wildman–Crippen MR) is 34.5 cm³/mol. The molecule has 0 spiro atoms. The Hall–Kier alpha value is -1.16. The second kappa shape index (κ2) is 2.62. The van der Waals surface area contributed by atoms with E-state index < -0.39 is 5.82 Å². The standard InChI is InChI=1S/C6H7FN2O/c7-5-2-9-4(3-10)1-6(5)8/h1-2,10H,3H2,(H2,8,9). The molecule has 0 aliphatic carbocycles. The molecule has 0 unspecified atom stereocenters. The van der Waals surface area contributed by atoms with Crippen molar-refractivity contribution in [3.8, 4) is 0 Å². The van der Waals surface area contributed by atoms with Gasteiger partial charge in [-0.05, 0) is 6.07 Å². The van der Waals surface area contributed by atoms with E-state index in [1.807, 2.05) is 0 Å². The van der Waals surface area contributed by atoms with Gasteiger partial charge in [0.05, 0.1) is 24.2 Å². The zero-order valence-corrected chi connectivity index (χ0v) is 5.21. The first-order chi connectivity index (χ1) is 4.74. The Morgan fingerprint density at radius 2 is 2.40 bits per heavy atom. The number of aliphatic hydroxyl groups excluding tert-OH is 1. The fourth-order valence-corrected chi connectivity index (χ4v) is 0.586. The number of hydrogen-bond acceptors (Lipinski definition) is 3. The van der Waals surface area contributed by atoms with E-state index in [1.165, 1.54) is 6.07 Å². The van der Waals surface area contributed by atoms with Crippen molar-refractivity contribution in [3.05, 3.63) is 23.8 Å². The minimum atomic E-state index is -0.558. The first kappa shape index (κ1) is 6.95. The van der Waals surface area contributed by atoms with Crippen LogP contribution in [0.15, 0.2) is 12.3 Å². The van der Waals surface area contributed by atoms with E-state index in [9.17, 15) is 4.39 Å². The van der Waals surface area contributed by atoms with Gasteiger partial charge in [-0.15, -0.1) is 0 Å². The molecule has 54 valence electrons. The summed E-state index contributed by atoms with van der Waals surface area (Å²) >= 11 is 0. The van der Waals surface area contributed by atoms with Gasteiger partial charge in [-0.1, -0.05) is 0 Å². The molecule has 0 bridgehead atoms. The summed E-state index contributed by atoms with van der Waals surface area (Å²) in [7, 11) is 0. The third kappa shape index (κ3) is 1.22. The number of anilines is 1. The number of aliphatic hydroxyl groups is 1. The highest BCUT2D eigenvalue weighted by Gasteiger charge is 1.98. The van der Waals surface area contributed by atoms with Crippen molar-refractivity contribution in [2.45, 2.75) is 6.61 Å². The Labute approximate surface area is 57.3 Å². The van der Waals surface area contributed by atoms with Crippen LogP contribution < -0.4 is 5.73 Å². The fourth-order valence-electron chi connectivity index (χ4n) is 0.586. The molecule has 0 saturated heterocycles. The van der Waals surface area contributed by atoms with E-state index in [4.69, 9.17) is 10.8 Å². The van der Waals surface area contributed by atoms with E-state index in [-0.39, 0.29) is 12.3 Å². The molecule has 10 heavy (non-hydrogen) atoms. The minimum absolute atomic E-state index is 0.0130. The van der Waals surface area contributed by atoms with E-state index in [2.05, 4.69) is 4.98 Å². The number of hydrogen-bond donors (Lipinski definition) is 2. The summed E-state index contributed by atoms with van der Waals surface area (Å²) in [6.45, 7) is -0.218. The van der Waals surface area contributed by atoms with E-state index in [0.717, 1.165) is 6.20 Å². The van der Waals surface area contributed by atoms with Gasteiger partial charge in [-0.25, -0.2) is 4.39 Å². The molecule has 0 radical (unpaired) electrons. The van der Waals surface area contributed by atoms with Gasteiger partial charge in [0.25, 0.3) is 0 Å². The van der Waals surface area contributed by atoms with Crippen LogP contribution in [0.2, 0.25) is 0 Å². The highest BCUT2D eigenvalue weighted by atomic mass is 19.1. The van der Waals surface area contributed by atoms with E-state index in [0.29, 0.717) is 5.69 Å². The van der Waals surface area contributed by atoms with Crippen LogP contribution in [0.3, 0.4) is 0 Å². The molecule has 0 saturated carbocycles. The monoisotopic (exact) mass is 142 g/mol. The lowest BCUT2D eigenvalue weighted by Crippen LogP contribution is -1.95. The molecule has 0 fully saturated rings. The Balaban J connectivity index is 3.04. The Morgan fingerprint density at radius 1 is 1.70 bits per heavy atom. The summed E-state index contributed by atoms with van der Waals surface area (Å²) in [5.74, 6) is -0.558. The Kier molecular flexibility index (Phi) is 1.82. The van der Waals surface area contributed by atoms with Crippen molar-refractivity contribution >= 4 is 5.69 Å². The maximum atomic E-state index is 12.4. The molecular weight excluding hydrogens is 135 g/mol. The number of nitrogens with two attached hydrogens (primary N) is 1. The van der Waals surface area contributed by atoms with Gasteiger partial charge in [0.1, 0.15) is 0 Å². The molecule has 1 aromatic heterocycles. The molecule has 4 heteroatoms. The Morgan fingerprint density at radius 3 is 2.90 bits per heavy atom. The zero-order chi connectivity index (χ0) is 7.56. The average molecular weight is 142 g/mol. The van der Waals surface area contributed by atoms with Crippen LogP contribution in [0.25, 0.3) is 0 Å².